The molecule has 0 N–H and O–H groups in total. The van der Waals surface area contributed by atoms with Crippen LogP contribution in [0.3, 0.4) is 0 Å². The normalized spacial score (nSPS) is 12.5. The molecule has 0 heterocycles. The average molecular weight is 166 g/mol. The molecule has 0 radical (unpaired) electrons. The molecule has 0 unspecified atom stereocenters. The highest BCUT2D eigenvalue weighted by molar-refractivity contribution is 5.77. The Morgan fingerprint density at radius 1 is 1.50 bits per heavy atom. The molecular weight excluding hydrogens is 152 g/mol. The lowest BCUT2D eigenvalue weighted by Gasteiger charge is -1.95. The molecule has 0 aliphatic carbocycles. The summed E-state index contributed by atoms with van der Waals surface area (Å²) in [6.07, 6.45) is 6.70. The van der Waals surface area contributed by atoms with E-state index in [9.17, 15) is 4.79 Å². The van der Waals surface area contributed by atoms with E-state index in [0.29, 0.717) is 12.0 Å². The van der Waals surface area contributed by atoms with Crippen LogP contribution in [0.15, 0.2) is 36.1 Å². The number of methoxy groups -OCH3 is 1. The second kappa shape index (κ2) is 6.40. The minimum atomic E-state index is 0.607. The summed E-state index contributed by atoms with van der Waals surface area (Å²) < 4.78 is 4.92. The summed E-state index contributed by atoms with van der Waals surface area (Å²) in [5, 5.41) is 0. The molecule has 0 bridgehead atoms. The Hall–Kier alpha value is -1.31. The van der Waals surface area contributed by atoms with E-state index in [1.165, 1.54) is 6.08 Å². The summed E-state index contributed by atoms with van der Waals surface area (Å²) >= 11 is 0. The fraction of sp³-hybridized carbons (Fsp3) is 0.300. The SMILES string of the molecule is C=C/C(C=O)=C\C/C=C(\C)OC. The molecule has 0 saturated carbocycles. The van der Waals surface area contributed by atoms with Crippen LogP contribution < -0.4 is 0 Å². The van der Waals surface area contributed by atoms with E-state index in [2.05, 4.69) is 6.58 Å². The van der Waals surface area contributed by atoms with Gasteiger partial charge in [0, 0.05) is 5.57 Å². The van der Waals surface area contributed by atoms with E-state index in [4.69, 9.17) is 4.74 Å². The van der Waals surface area contributed by atoms with Crippen LogP contribution in [-0.2, 0) is 9.53 Å². The van der Waals surface area contributed by atoms with Gasteiger partial charge in [-0.1, -0.05) is 18.7 Å². The third-order valence-electron chi connectivity index (χ3n) is 1.45. The maximum atomic E-state index is 10.3. The summed E-state index contributed by atoms with van der Waals surface area (Å²) in [5.74, 6) is 0.848. The largest absolute Gasteiger partial charge is 0.502 e. The van der Waals surface area contributed by atoms with Crippen molar-refractivity contribution in [2.24, 2.45) is 0 Å². The monoisotopic (exact) mass is 166 g/mol. The van der Waals surface area contributed by atoms with Gasteiger partial charge in [-0.25, -0.2) is 0 Å². The van der Waals surface area contributed by atoms with Crippen molar-refractivity contribution in [3.8, 4) is 0 Å². The highest BCUT2D eigenvalue weighted by Crippen LogP contribution is 1.99. The van der Waals surface area contributed by atoms with E-state index >= 15 is 0 Å². The van der Waals surface area contributed by atoms with E-state index in [0.717, 1.165) is 12.0 Å². The number of carbonyl (C=O) groups excluding carboxylic acids is 1. The first-order valence-corrected chi connectivity index (χ1v) is 3.73. The van der Waals surface area contributed by atoms with Gasteiger partial charge in [-0.3, -0.25) is 4.79 Å². The van der Waals surface area contributed by atoms with Crippen molar-refractivity contribution in [2.45, 2.75) is 13.3 Å². The van der Waals surface area contributed by atoms with Crippen LogP contribution in [0.5, 0.6) is 0 Å². The zero-order valence-corrected chi connectivity index (χ0v) is 7.54. The Morgan fingerprint density at radius 3 is 2.58 bits per heavy atom. The van der Waals surface area contributed by atoms with Crippen LogP contribution in [0, 0.1) is 0 Å². The first-order valence-electron chi connectivity index (χ1n) is 3.73. The van der Waals surface area contributed by atoms with Crippen LogP contribution in [-0.4, -0.2) is 13.4 Å². The van der Waals surface area contributed by atoms with Crippen molar-refractivity contribution in [2.75, 3.05) is 7.11 Å². The van der Waals surface area contributed by atoms with Gasteiger partial charge in [-0.15, -0.1) is 0 Å². The van der Waals surface area contributed by atoms with E-state index in [-0.39, 0.29) is 0 Å². The van der Waals surface area contributed by atoms with Crippen molar-refractivity contribution in [1.29, 1.82) is 0 Å². The molecule has 0 aliphatic heterocycles. The van der Waals surface area contributed by atoms with Crippen LogP contribution in [0.25, 0.3) is 0 Å². The predicted octanol–water partition coefficient (Wildman–Crippen LogP) is 2.24. The van der Waals surface area contributed by atoms with Crippen molar-refractivity contribution >= 4 is 6.29 Å². The number of allylic oxidation sites excluding steroid dienone is 5. The summed E-state index contributed by atoms with van der Waals surface area (Å²) in [7, 11) is 1.61. The van der Waals surface area contributed by atoms with Crippen molar-refractivity contribution in [3.63, 3.8) is 0 Å². The lowest BCUT2D eigenvalue weighted by molar-refractivity contribution is -0.104. The third-order valence-corrected chi connectivity index (χ3v) is 1.45. The quantitative estimate of drug-likeness (QED) is 0.271. The minimum absolute atomic E-state index is 0.607. The van der Waals surface area contributed by atoms with Gasteiger partial charge in [0.2, 0.25) is 0 Å². The third kappa shape index (κ3) is 4.50. The Balaban J connectivity index is 4.03. The fourth-order valence-corrected chi connectivity index (χ4v) is 0.624. The molecule has 0 spiro atoms. The zero-order valence-electron chi connectivity index (χ0n) is 7.54. The van der Waals surface area contributed by atoms with Crippen LogP contribution in [0.4, 0.5) is 0 Å². The first-order chi connectivity index (χ1) is 5.74. The molecule has 0 atom stereocenters. The van der Waals surface area contributed by atoms with Crippen LogP contribution in [0.1, 0.15) is 13.3 Å². The molecule has 0 saturated heterocycles. The Morgan fingerprint density at radius 2 is 2.17 bits per heavy atom. The highest BCUT2D eigenvalue weighted by atomic mass is 16.5. The number of hydrogen-bond acceptors (Lipinski definition) is 2. The van der Waals surface area contributed by atoms with Gasteiger partial charge in [-0.2, -0.15) is 0 Å². The first kappa shape index (κ1) is 10.7. The lowest BCUT2D eigenvalue weighted by Crippen LogP contribution is -1.80. The van der Waals surface area contributed by atoms with Gasteiger partial charge in [0.05, 0.1) is 12.9 Å². The maximum absolute atomic E-state index is 10.3. The predicted molar refractivity (Wildman–Crippen MR) is 49.7 cm³/mol. The average Bonchev–Trinajstić information content (AvgIpc) is 2.12. The number of aldehydes is 1. The Labute approximate surface area is 73.2 Å². The van der Waals surface area contributed by atoms with Gasteiger partial charge >= 0.3 is 0 Å². The standard InChI is InChI=1S/C10H14O2/c1-4-10(8-11)7-5-6-9(2)12-3/h4,6-8H,1,5H2,2-3H3/b9-6+,10-7+. The number of carbonyl (C=O) groups is 1. The highest BCUT2D eigenvalue weighted by Gasteiger charge is 1.86. The smallest absolute Gasteiger partial charge is 0.149 e. The minimum Gasteiger partial charge on any atom is -0.502 e. The molecule has 0 amide bonds. The van der Waals surface area contributed by atoms with Crippen LogP contribution in [0.2, 0.25) is 0 Å². The Kier molecular flexibility index (Phi) is 5.70. The fourth-order valence-electron chi connectivity index (χ4n) is 0.624. The molecule has 12 heavy (non-hydrogen) atoms. The number of hydrogen-bond donors (Lipinski definition) is 0. The van der Waals surface area contributed by atoms with Gasteiger partial charge in [0.15, 0.2) is 0 Å². The molecule has 0 aromatic carbocycles. The lowest BCUT2D eigenvalue weighted by atomic mass is 10.2. The summed E-state index contributed by atoms with van der Waals surface area (Å²) in [6.45, 7) is 5.36. The molecular formula is C10H14O2. The van der Waals surface area contributed by atoms with E-state index in [1.807, 2.05) is 13.0 Å². The molecule has 0 aliphatic rings. The van der Waals surface area contributed by atoms with Gasteiger partial charge in [0.1, 0.15) is 6.29 Å². The molecule has 2 heteroatoms. The molecule has 2 nitrogen and oxygen atoms in total. The number of rotatable bonds is 5. The van der Waals surface area contributed by atoms with Crippen LogP contribution >= 0.6 is 0 Å². The Bertz CT molecular complexity index is 202. The van der Waals surface area contributed by atoms with Crippen molar-refractivity contribution < 1.29 is 9.53 Å². The number of ether oxygens (including phenoxy) is 1. The zero-order chi connectivity index (χ0) is 9.40. The second-order valence-electron chi connectivity index (χ2n) is 2.28. The summed E-state index contributed by atoms with van der Waals surface area (Å²) in [6, 6.07) is 0. The molecule has 0 aromatic heterocycles. The topological polar surface area (TPSA) is 26.3 Å². The second-order valence-corrected chi connectivity index (χ2v) is 2.28. The van der Waals surface area contributed by atoms with E-state index in [1.54, 1.807) is 13.2 Å². The summed E-state index contributed by atoms with van der Waals surface area (Å²) in [5.41, 5.74) is 0.607. The molecule has 66 valence electrons. The van der Waals surface area contributed by atoms with Crippen molar-refractivity contribution in [1.82, 2.24) is 0 Å². The van der Waals surface area contributed by atoms with Gasteiger partial charge < -0.3 is 4.74 Å². The molecule has 0 aromatic rings. The van der Waals surface area contributed by atoms with E-state index < -0.39 is 0 Å². The van der Waals surface area contributed by atoms with Gasteiger partial charge in [-0.05, 0) is 19.4 Å². The van der Waals surface area contributed by atoms with Crippen molar-refractivity contribution in [3.05, 3.63) is 36.1 Å². The molecule has 0 rings (SSSR count). The molecule has 0 fully saturated rings. The summed E-state index contributed by atoms with van der Waals surface area (Å²) in [4.78, 5) is 10.3. The van der Waals surface area contributed by atoms with Gasteiger partial charge in [0.25, 0.3) is 0 Å². The maximum Gasteiger partial charge on any atom is 0.149 e.